The first-order valence-corrected chi connectivity index (χ1v) is 6.92. The molecule has 1 N–H and O–H groups in total. The van der Waals surface area contributed by atoms with Crippen molar-refractivity contribution in [2.45, 2.75) is 19.5 Å². The molecule has 0 spiro atoms. The minimum Gasteiger partial charge on any atom is -0.497 e. The lowest BCUT2D eigenvalue weighted by Gasteiger charge is -2.13. The fourth-order valence-electron chi connectivity index (χ4n) is 1.73. The van der Waals surface area contributed by atoms with Crippen LogP contribution in [0.25, 0.3) is 0 Å². The number of halogens is 3. The Morgan fingerprint density at radius 1 is 1.17 bits per heavy atom. The third kappa shape index (κ3) is 4.48. The lowest BCUT2D eigenvalue weighted by Crippen LogP contribution is -2.12. The van der Waals surface area contributed by atoms with E-state index in [4.69, 9.17) is 9.47 Å². The number of anilines is 2. The summed E-state index contributed by atoms with van der Waals surface area (Å²) >= 11 is 0. The number of benzene rings is 1. The molecule has 5 nitrogen and oxygen atoms in total. The molecule has 124 valence electrons. The number of ether oxygens (including phenoxy) is 2. The van der Waals surface area contributed by atoms with E-state index in [1.54, 1.807) is 38.3 Å². The number of nitrogens with zero attached hydrogens (tertiary/aromatic N) is 2. The molecule has 0 radical (unpaired) electrons. The molecule has 2 aromatic rings. The van der Waals surface area contributed by atoms with E-state index in [0.29, 0.717) is 24.1 Å². The average molecular weight is 327 g/mol. The SMILES string of the molecule is CCCOc1nc(Nc2ccc(OC)cc2)ncc1C(F)(F)F. The number of hydrogen-bond donors (Lipinski definition) is 1. The molecule has 0 fully saturated rings. The molecule has 0 atom stereocenters. The van der Waals surface area contributed by atoms with Crippen molar-refractivity contribution in [3.8, 4) is 11.6 Å². The number of aromatic nitrogens is 2. The normalized spacial score (nSPS) is 11.2. The molecule has 1 aromatic heterocycles. The van der Waals surface area contributed by atoms with Gasteiger partial charge < -0.3 is 14.8 Å². The van der Waals surface area contributed by atoms with Crippen molar-refractivity contribution in [3.63, 3.8) is 0 Å². The van der Waals surface area contributed by atoms with Crippen LogP contribution in [0.1, 0.15) is 18.9 Å². The van der Waals surface area contributed by atoms with E-state index in [1.165, 1.54) is 0 Å². The number of methoxy groups -OCH3 is 1. The van der Waals surface area contributed by atoms with Crippen molar-refractivity contribution in [2.24, 2.45) is 0 Å². The van der Waals surface area contributed by atoms with Gasteiger partial charge in [0.2, 0.25) is 11.8 Å². The Hall–Kier alpha value is -2.51. The van der Waals surface area contributed by atoms with Crippen molar-refractivity contribution in [2.75, 3.05) is 19.0 Å². The van der Waals surface area contributed by atoms with E-state index in [-0.39, 0.29) is 12.6 Å². The molecule has 0 aliphatic heterocycles. The topological polar surface area (TPSA) is 56.3 Å². The van der Waals surface area contributed by atoms with Crippen LogP contribution in [0.15, 0.2) is 30.5 Å². The summed E-state index contributed by atoms with van der Waals surface area (Å²) in [6.07, 6.45) is -3.28. The Morgan fingerprint density at radius 3 is 2.43 bits per heavy atom. The first-order valence-electron chi connectivity index (χ1n) is 6.92. The zero-order valence-electron chi connectivity index (χ0n) is 12.6. The van der Waals surface area contributed by atoms with Gasteiger partial charge in [-0.05, 0) is 30.7 Å². The maximum Gasteiger partial charge on any atom is 0.423 e. The highest BCUT2D eigenvalue weighted by Crippen LogP contribution is 2.35. The summed E-state index contributed by atoms with van der Waals surface area (Å²) in [5.41, 5.74) is -0.377. The van der Waals surface area contributed by atoms with E-state index in [0.717, 1.165) is 0 Å². The van der Waals surface area contributed by atoms with Crippen molar-refractivity contribution in [1.82, 2.24) is 9.97 Å². The summed E-state index contributed by atoms with van der Waals surface area (Å²) in [5, 5.41) is 2.83. The summed E-state index contributed by atoms with van der Waals surface area (Å²) in [6, 6.07) is 6.82. The predicted octanol–water partition coefficient (Wildman–Crippen LogP) is 4.04. The molecular weight excluding hydrogens is 311 g/mol. The molecular formula is C15H16F3N3O2. The van der Waals surface area contributed by atoms with Gasteiger partial charge in [-0.2, -0.15) is 18.2 Å². The van der Waals surface area contributed by atoms with Crippen LogP contribution in [0.2, 0.25) is 0 Å². The maximum atomic E-state index is 12.9. The summed E-state index contributed by atoms with van der Waals surface area (Å²) in [4.78, 5) is 7.52. The van der Waals surface area contributed by atoms with E-state index in [2.05, 4.69) is 15.3 Å². The van der Waals surface area contributed by atoms with Crippen LogP contribution < -0.4 is 14.8 Å². The lowest BCUT2D eigenvalue weighted by atomic mass is 10.3. The van der Waals surface area contributed by atoms with Gasteiger partial charge in [0, 0.05) is 11.9 Å². The molecule has 0 saturated carbocycles. The molecule has 0 saturated heterocycles. The van der Waals surface area contributed by atoms with Crippen LogP contribution in [-0.2, 0) is 6.18 Å². The van der Waals surface area contributed by atoms with Crippen molar-refractivity contribution in [1.29, 1.82) is 0 Å². The van der Waals surface area contributed by atoms with Gasteiger partial charge >= 0.3 is 6.18 Å². The van der Waals surface area contributed by atoms with Crippen LogP contribution in [0, 0.1) is 0 Å². The average Bonchev–Trinajstić information content (AvgIpc) is 2.52. The van der Waals surface area contributed by atoms with Gasteiger partial charge in [0.05, 0.1) is 13.7 Å². The third-order valence-corrected chi connectivity index (χ3v) is 2.85. The van der Waals surface area contributed by atoms with Crippen LogP contribution in [0.3, 0.4) is 0 Å². The second-order valence-corrected chi connectivity index (χ2v) is 4.61. The molecule has 1 heterocycles. The molecule has 0 unspecified atom stereocenters. The van der Waals surface area contributed by atoms with Crippen LogP contribution in [0.5, 0.6) is 11.6 Å². The predicted molar refractivity (Wildman–Crippen MR) is 79.1 cm³/mol. The summed E-state index contributed by atoms with van der Waals surface area (Å²) < 4.78 is 48.9. The fraction of sp³-hybridized carbons (Fsp3) is 0.333. The van der Waals surface area contributed by atoms with Gasteiger partial charge in [-0.25, -0.2) is 4.98 Å². The Morgan fingerprint density at radius 2 is 1.87 bits per heavy atom. The third-order valence-electron chi connectivity index (χ3n) is 2.85. The Balaban J connectivity index is 2.24. The zero-order chi connectivity index (χ0) is 16.9. The second kappa shape index (κ2) is 7.17. The fourth-order valence-corrected chi connectivity index (χ4v) is 1.73. The lowest BCUT2D eigenvalue weighted by molar-refractivity contribution is -0.139. The van der Waals surface area contributed by atoms with Crippen LogP contribution in [-0.4, -0.2) is 23.7 Å². The Kier molecular flexibility index (Phi) is 5.25. The van der Waals surface area contributed by atoms with Crippen LogP contribution >= 0.6 is 0 Å². The number of rotatable bonds is 6. The molecule has 0 amide bonds. The summed E-state index contributed by atoms with van der Waals surface area (Å²) in [6.45, 7) is 1.94. The first-order chi connectivity index (χ1) is 10.9. The van der Waals surface area contributed by atoms with E-state index in [1.807, 2.05) is 0 Å². The highest BCUT2D eigenvalue weighted by molar-refractivity contribution is 5.55. The van der Waals surface area contributed by atoms with Gasteiger partial charge in [-0.3, -0.25) is 0 Å². The minimum atomic E-state index is -4.57. The molecule has 23 heavy (non-hydrogen) atoms. The second-order valence-electron chi connectivity index (χ2n) is 4.61. The highest BCUT2D eigenvalue weighted by atomic mass is 19.4. The van der Waals surface area contributed by atoms with E-state index < -0.39 is 17.6 Å². The van der Waals surface area contributed by atoms with E-state index >= 15 is 0 Å². The van der Waals surface area contributed by atoms with Gasteiger partial charge in [0.15, 0.2) is 0 Å². The summed E-state index contributed by atoms with van der Waals surface area (Å²) in [5.74, 6) is 0.204. The first kappa shape index (κ1) is 16.9. The maximum absolute atomic E-state index is 12.9. The minimum absolute atomic E-state index is 0.0225. The zero-order valence-corrected chi connectivity index (χ0v) is 12.6. The van der Waals surface area contributed by atoms with E-state index in [9.17, 15) is 13.2 Å². The van der Waals surface area contributed by atoms with Crippen molar-refractivity contribution < 1.29 is 22.6 Å². The van der Waals surface area contributed by atoms with Gasteiger partial charge in [-0.15, -0.1) is 0 Å². The molecule has 0 aliphatic carbocycles. The summed E-state index contributed by atoms with van der Waals surface area (Å²) in [7, 11) is 1.54. The Bertz CT molecular complexity index is 645. The molecule has 2 rings (SSSR count). The monoisotopic (exact) mass is 327 g/mol. The van der Waals surface area contributed by atoms with Gasteiger partial charge in [0.1, 0.15) is 11.3 Å². The number of nitrogens with one attached hydrogen (secondary N) is 1. The van der Waals surface area contributed by atoms with Crippen molar-refractivity contribution >= 4 is 11.6 Å². The van der Waals surface area contributed by atoms with Gasteiger partial charge in [-0.1, -0.05) is 6.92 Å². The molecule has 8 heteroatoms. The van der Waals surface area contributed by atoms with Crippen molar-refractivity contribution in [3.05, 3.63) is 36.0 Å². The Labute approximate surface area is 131 Å². The highest BCUT2D eigenvalue weighted by Gasteiger charge is 2.36. The smallest absolute Gasteiger partial charge is 0.423 e. The number of hydrogen-bond acceptors (Lipinski definition) is 5. The number of alkyl halides is 3. The standard InChI is InChI=1S/C15H16F3N3O2/c1-3-8-23-13-12(15(16,17)18)9-19-14(21-13)20-10-4-6-11(22-2)7-5-10/h4-7,9H,3,8H2,1-2H3,(H,19,20,21). The quantitative estimate of drug-likeness (QED) is 0.868. The van der Waals surface area contributed by atoms with Crippen LogP contribution in [0.4, 0.5) is 24.8 Å². The molecule has 1 aromatic carbocycles. The largest absolute Gasteiger partial charge is 0.497 e. The van der Waals surface area contributed by atoms with Gasteiger partial charge in [0.25, 0.3) is 0 Å². The molecule has 0 bridgehead atoms. The molecule has 0 aliphatic rings.